The highest BCUT2D eigenvalue weighted by Gasteiger charge is 2.16. The van der Waals surface area contributed by atoms with E-state index in [1.165, 1.54) is 7.11 Å². The topological polar surface area (TPSA) is 69.7 Å². The molecule has 0 N–H and O–H groups in total. The Bertz CT molecular complexity index is 301. The number of methoxy groups -OCH3 is 1. The van der Waals surface area contributed by atoms with E-state index in [9.17, 15) is 14.4 Å². The summed E-state index contributed by atoms with van der Waals surface area (Å²) in [5.41, 5.74) is -0.460. The van der Waals surface area contributed by atoms with E-state index < -0.39 is 17.4 Å². The van der Waals surface area contributed by atoms with E-state index in [-0.39, 0.29) is 12.4 Å². The minimum absolute atomic E-state index is 0.168. The number of Topliss-reactive ketones (excluding diaryl/α,β-unsaturated/α-hetero) is 1. The summed E-state index contributed by atoms with van der Waals surface area (Å²) in [4.78, 5) is 33.2. The van der Waals surface area contributed by atoms with Gasteiger partial charge >= 0.3 is 11.9 Å². The quantitative estimate of drug-likeness (QED) is 0.397. The van der Waals surface area contributed by atoms with Gasteiger partial charge in [-0.3, -0.25) is 9.59 Å². The lowest BCUT2D eigenvalue weighted by molar-refractivity contribution is -0.155. The molecular formula is C13H22O5. The van der Waals surface area contributed by atoms with Crippen LogP contribution in [0.15, 0.2) is 0 Å². The maximum absolute atomic E-state index is 11.3. The van der Waals surface area contributed by atoms with Crippen molar-refractivity contribution in [2.75, 3.05) is 7.11 Å². The van der Waals surface area contributed by atoms with Crippen LogP contribution in [0.25, 0.3) is 0 Å². The van der Waals surface area contributed by atoms with Crippen molar-refractivity contribution in [1.82, 2.24) is 0 Å². The summed E-state index contributed by atoms with van der Waals surface area (Å²) in [6.45, 7) is 5.46. The number of rotatable bonds is 7. The summed E-state index contributed by atoms with van der Waals surface area (Å²) in [5.74, 6) is -1.56. The number of ether oxygens (including phenoxy) is 2. The summed E-state index contributed by atoms with van der Waals surface area (Å²) in [5, 5.41) is 0. The van der Waals surface area contributed by atoms with Crippen molar-refractivity contribution in [3.8, 4) is 0 Å². The average molecular weight is 258 g/mol. The first-order valence-corrected chi connectivity index (χ1v) is 6.09. The van der Waals surface area contributed by atoms with Crippen LogP contribution >= 0.6 is 0 Å². The van der Waals surface area contributed by atoms with E-state index in [0.29, 0.717) is 25.7 Å². The van der Waals surface area contributed by atoms with Crippen molar-refractivity contribution in [3.63, 3.8) is 0 Å². The molecule has 0 fully saturated rings. The predicted octanol–water partition coefficient (Wildman–Crippen LogP) is 2.02. The lowest BCUT2D eigenvalue weighted by atomic mass is 10.1. The second-order valence-corrected chi connectivity index (χ2v) is 5.06. The van der Waals surface area contributed by atoms with Gasteiger partial charge in [0, 0.05) is 12.8 Å². The molecule has 5 nitrogen and oxygen atoms in total. The van der Waals surface area contributed by atoms with Crippen LogP contribution in [0, 0.1) is 0 Å². The van der Waals surface area contributed by atoms with Crippen LogP contribution in [0.1, 0.15) is 52.9 Å². The highest BCUT2D eigenvalue weighted by Crippen LogP contribution is 2.11. The number of unbranched alkanes of at least 4 members (excludes halogenated alkanes) is 2. The summed E-state index contributed by atoms with van der Waals surface area (Å²) in [6.07, 6.45) is 2.45. The van der Waals surface area contributed by atoms with E-state index >= 15 is 0 Å². The lowest BCUT2D eigenvalue weighted by Crippen LogP contribution is -2.23. The molecule has 0 rings (SSSR count). The van der Waals surface area contributed by atoms with Crippen LogP contribution < -0.4 is 0 Å². The number of esters is 2. The van der Waals surface area contributed by atoms with Crippen molar-refractivity contribution in [3.05, 3.63) is 0 Å². The summed E-state index contributed by atoms with van der Waals surface area (Å²) in [7, 11) is 1.18. The first-order valence-electron chi connectivity index (χ1n) is 6.09. The zero-order valence-corrected chi connectivity index (χ0v) is 11.6. The normalized spacial score (nSPS) is 10.9. The Morgan fingerprint density at radius 1 is 0.944 bits per heavy atom. The van der Waals surface area contributed by atoms with Crippen LogP contribution in [0.5, 0.6) is 0 Å². The van der Waals surface area contributed by atoms with Gasteiger partial charge in [0.15, 0.2) is 0 Å². The van der Waals surface area contributed by atoms with E-state index in [1.54, 1.807) is 0 Å². The van der Waals surface area contributed by atoms with Crippen LogP contribution in [0.4, 0.5) is 0 Å². The molecule has 0 unspecified atom stereocenters. The Hall–Kier alpha value is -1.39. The molecule has 0 aliphatic carbocycles. The molecule has 18 heavy (non-hydrogen) atoms. The van der Waals surface area contributed by atoms with E-state index in [2.05, 4.69) is 4.74 Å². The molecule has 0 amide bonds. The molecule has 0 heterocycles. The largest absolute Gasteiger partial charge is 0.463 e. The van der Waals surface area contributed by atoms with Crippen molar-refractivity contribution >= 4 is 17.7 Å². The van der Waals surface area contributed by atoms with Crippen molar-refractivity contribution in [2.24, 2.45) is 0 Å². The standard InChI is InChI=1S/C13H22O5/c1-13(2,3)18-11(15)9-7-5-6-8-10(14)12(16)17-4/h5-9H2,1-4H3. The molecule has 0 aromatic carbocycles. The highest BCUT2D eigenvalue weighted by atomic mass is 16.6. The van der Waals surface area contributed by atoms with Gasteiger partial charge in [0.2, 0.25) is 5.78 Å². The lowest BCUT2D eigenvalue weighted by Gasteiger charge is -2.19. The van der Waals surface area contributed by atoms with E-state index in [0.717, 1.165) is 0 Å². The number of carbonyl (C=O) groups excluding carboxylic acids is 3. The first-order chi connectivity index (χ1) is 8.26. The third kappa shape index (κ3) is 8.73. The van der Waals surface area contributed by atoms with Gasteiger partial charge in [-0.05, 0) is 33.6 Å². The average Bonchev–Trinajstić information content (AvgIpc) is 2.24. The third-order valence-electron chi connectivity index (χ3n) is 2.12. The van der Waals surface area contributed by atoms with Gasteiger partial charge in [-0.1, -0.05) is 6.42 Å². The molecule has 104 valence electrons. The Balaban J connectivity index is 3.60. The fraction of sp³-hybridized carbons (Fsp3) is 0.769. The smallest absolute Gasteiger partial charge is 0.374 e. The Kier molecular flexibility index (Phi) is 7.24. The van der Waals surface area contributed by atoms with Crippen LogP contribution in [0.2, 0.25) is 0 Å². The van der Waals surface area contributed by atoms with Crippen LogP contribution in [0.3, 0.4) is 0 Å². The first kappa shape index (κ1) is 16.6. The minimum atomic E-state index is -0.804. The zero-order valence-electron chi connectivity index (χ0n) is 11.6. The minimum Gasteiger partial charge on any atom is -0.463 e. The van der Waals surface area contributed by atoms with Gasteiger partial charge in [0.05, 0.1) is 7.11 Å². The molecule has 0 bridgehead atoms. The van der Waals surface area contributed by atoms with Crippen molar-refractivity contribution < 1.29 is 23.9 Å². The number of ketones is 1. The maximum Gasteiger partial charge on any atom is 0.374 e. The predicted molar refractivity (Wildman–Crippen MR) is 66.0 cm³/mol. The molecule has 5 heteroatoms. The Morgan fingerprint density at radius 2 is 1.50 bits per heavy atom. The van der Waals surface area contributed by atoms with Gasteiger partial charge in [0.1, 0.15) is 5.60 Å². The number of carbonyl (C=O) groups is 3. The Labute approximate surface area is 108 Å². The maximum atomic E-state index is 11.3. The van der Waals surface area contributed by atoms with E-state index in [1.807, 2.05) is 20.8 Å². The van der Waals surface area contributed by atoms with Crippen molar-refractivity contribution in [2.45, 2.75) is 58.5 Å². The SMILES string of the molecule is COC(=O)C(=O)CCCCCC(=O)OC(C)(C)C. The molecule has 0 saturated carbocycles. The van der Waals surface area contributed by atoms with Crippen molar-refractivity contribution in [1.29, 1.82) is 0 Å². The van der Waals surface area contributed by atoms with Crippen LogP contribution in [-0.4, -0.2) is 30.4 Å². The second kappa shape index (κ2) is 7.84. The molecule has 0 spiro atoms. The third-order valence-corrected chi connectivity index (χ3v) is 2.12. The van der Waals surface area contributed by atoms with E-state index in [4.69, 9.17) is 4.74 Å². The van der Waals surface area contributed by atoms with Gasteiger partial charge in [-0.15, -0.1) is 0 Å². The monoisotopic (exact) mass is 258 g/mol. The molecule has 0 aliphatic heterocycles. The fourth-order valence-electron chi connectivity index (χ4n) is 1.34. The summed E-state index contributed by atoms with van der Waals surface area (Å²) in [6, 6.07) is 0. The molecule has 0 aromatic rings. The van der Waals surface area contributed by atoms with Crippen LogP contribution in [-0.2, 0) is 23.9 Å². The fourth-order valence-corrected chi connectivity index (χ4v) is 1.34. The Morgan fingerprint density at radius 3 is 2.00 bits per heavy atom. The van der Waals surface area contributed by atoms with Gasteiger partial charge < -0.3 is 9.47 Å². The molecule has 0 atom stereocenters. The van der Waals surface area contributed by atoms with Gasteiger partial charge in [0.25, 0.3) is 0 Å². The van der Waals surface area contributed by atoms with Gasteiger partial charge in [-0.2, -0.15) is 0 Å². The molecular weight excluding hydrogens is 236 g/mol. The van der Waals surface area contributed by atoms with Gasteiger partial charge in [-0.25, -0.2) is 4.79 Å². The second-order valence-electron chi connectivity index (χ2n) is 5.06. The number of hydrogen-bond acceptors (Lipinski definition) is 5. The summed E-state index contributed by atoms with van der Waals surface area (Å²) < 4.78 is 9.44. The molecule has 0 saturated heterocycles. The molecule has 0 radical (unpaired) electrons. The number of hydrogen-bond donors (Lipinski definition) is 0. The highest BCUT2D eigenvalue weighted by molar-refractivity contribution is 6.33. The zero-order chi connectivity index (χ0) is 14.2. The molecule has 0 aromatic heterocycles. The molecule has 0 aliphatic rings. The summed E-state index contributed by atoms with van der Waals surface area (Å²) >= 11 is 0.